The molecule has 336 valence electrons. The minimum atomic E-state index is -0.620. The second-order valence-electron chi connectivity index (χ2n) is 14.5. The highest BCUT2D eigenvalue weighted by Crippen LogP contribution is 2.38. The summed E-state index contributed by atoms with van der Waals surface area (Å²) in [5.74, 6) is 1.10. The van der Waals surface area contributed by atoms with Crippen molar-refractivity contribution in [3.05, 3.63) is 0 Å². The highest BCUT2D eigenvalue weighted by molar-refractivity contribution is 14.2. The van der Waals surface area contributed by atoms with Crippen LogP contribution in [0.15, 0.2) is 0 Å². The standard InChI is InChI=1S/C13H25NO4.2C11H23NO3.CH3I2N.2CH4.H2O/c1-4-11-9(6-15)5-10(7-18-3)12(13(11)17)14-8(2)16;2*1-3-9-7(5-13)4-8(6-15-2)10(12)11(9)14;2-1-3-4;;;/h9-13,15,17H,4-7H2,1-3H3,(H,14,16);2*7-11,13-14H,3-6,12H2,1-2H3;4H,1H2;2*1H4;1H2/i;;;1T;;;. The lowest BCUT2D eigenvalue weighted by molar-refractivity contribution is -0.463. The molecule has 0 bridgehead atoms. The molecule has 0 aromatic carbocycles. The summed E-state index contributed by atoms with van der Waals surface area (Å²) in [6.07, 6.45) is 3.55. The van der Waals surface area contributed by atoms with E-state index < -0.39 is 39.3 Å². The van der Waals surface area contributed by atoms with Crippen LogP contribution in [0.3, 0.4) is 0 Å². The van der Waals surface area contributed by atoms with Crippen LogP contribution >= 0.6 is 43.6 Å². The molecule has 0 heterocycles. The molecule has 15 nitrogen and oxygen atoms in total. The van der Waals surface area contributed by atoms with E-state index in [9.17, 15) is 35.4 Å². The van der Waals surface area contributed by atoms with E-state index >= 15 is 0 Å². The SMILES string of the molecule is C.C.CCC1C(CO)CC(COC)C(N)C1O.CCC1C(CO)CC(COC)C(NC(C)=O)C1O.CCC1C(CO)CC(COC)C([NH3+])C1O.[3H]C(I)I=N.[OH-]. The van der Waals surface area contributed by atoms with Gasteiger partial charge in [0, 0.05) is 71.9 Å². The van der Waals surface area contributed by atoms with Gasteiger partial charge < -0.3 is 67.1 Å². The van der Waals surface area contributed by atoms with Crippen LogP contribution in [0.5, 0.6) is 0 Å². The Morgan fingerprint density at radius 2 is 1.13 bits per heavy atom. The second kappa shape index (κ2) is 35.0. The molecule has 0 aliphatic heterocycles. The van der Waals surface area contributed by atoms with Crippen molar-refractivity contribution in [2.45, 2.75) is 118 Å². The molecular weight excluding hydrogens is 942 g/mol. The van der Waals surface area contributed by atoms with Gasteiger partial charge in [-0.25, -0.2) is 0 Å². The number of amides is 1. The Balaban J connectivity index is -0.000000334. The number of nitrogens with two attached hydrogens (primary N) is 1. The number of carbonyl (C=O) groups is 1. The van der Waals surface area contributed by atoms with Crippen LogP contribution in [0, 0.1) is 56.8 Å². The fraction of sp³-hybridized carbons (Fsp3) is 0.974. The predicted octanol–water partition coefficient (Wildman–Crippen LogP) is 2.59. The van der Waals surface area contributed by atoms with Gasteiger partial charge in [-0.3, -0.25) is 8.36 Å². The molecule has 3 rings (SSSR count). The summed E-state index contributed by atoms with van der Waals surface area (Å²) in [5, 5.41) is 61.4. The van der Waals surface area contributed by atoms with Gasteiger partial charge in [-0.15, -0.1) is 0 Å². The maximum Gasteiger partial charge on any atom is 0.217 e. The van der Waals surface area contributed by atoms with Crippen LogP contribution in [-0.2, 0) is 19.0 Å². The van der Waals surface area contributed by atoms with E-state index in [0.29, 0.717) is 19.8 Å². The summed E-state index contributed by atoms with van der Waals surface area (Å²) in [6, 6.07) is -0.481. The van der Waals surface area contributed by atoms with Gasteiger partial charge in [-0.2, -0.15) is 0 Å². The van der Waals surface area contributed by atoms with Crippen molar-refractivity contribution in [1.29, 1.82) is 3.56 Å². The Labute approximate surface area is 358 Å². The van der Waals surface area contributed by atoms with Gasteiger partial charge in [-0.05, 0) is 75.8 Å². The summed E-state index contributed by atoms with van der Waals surface area (Å²) >= 11 is 1.39. The zero-order valence-electron chi connectivity index (χ0n) is 34.0. The molecular formula is C38H84I2N4O11. The Hall–Kier alpha value is 0.250. The molecule has 0 radical (unpaired) electrons. The fourth-order valence-corrected chi connectivity index (χ4v) is 8.69. The first kappa shape index (κ1) is 59.6. The van der Waals surface area contributed by atoms with E-state index in [-0.39, 0.29) is 120 Å². The number of halogens is 2. The molecule has 3 fully saturated rings. The third kappa shape index (κ3) is 19.9. The Bertz CT molecular complexity index is 923. The first-order valence-electron chi connectivity index (χ1n) is 19.2. The van der Waals surface area contributed by atoms with Crippen molar-refractivity contribution in [2.75, 3.05) is 63.4 Å². The third-order valence-corrected chi connectivity index (χ3v) is 13.3. The zero-order valence-corrected chi connectivity index (χ0v) is 37.3. The van der Waals surface area contributed by atoms with Gasteiger partial charge in [0.2, 0.25) is 5.91 Å². The van der Waals surface area contributed by atoms with Gasteiger partial charge in [-0.1, -0.05) is 77.5 Å². The van der Waals surface area contributed by atoms with Crippen molar-refractivity contribution >= 4 is 49.5 Å². The van der Waals surface area contributed by atoms with Crippen molar-refractivity contribution in [3.63, 3.8) is 0 Å². The zero-order chi connectivity index (χ0) is 40.8. The van der Waals surface area contributed by atoms with Crippen LogP contribution in [0.1, 0.15) is 82.4 Å². The molecule has 14 N–H and O–H groups in total. The van der Waals surface area contributed by atoms with Crippen LogP contribution in [0.2, 0.25) is 0 Å². The number of rotatable bonds is 14. The van der Waals surface area contributed by atoms with E-state index in [1.165, 1.54) is 6.92 Å². The number of ether oxygens (including phenoxy) is 3. The number of quaternary nitrogens is 1. The smallest absolute Gasteiger partial charge is 0.217 e. The maximum atomic E-state index is 11.2. The predicted molar refractivity (Wildman–Crippen MR) is 234 cm³/mol. The molecule has 16 atom stereocenters. The van der Waals surface area contributed by atoms with Crippen LogP contribution < -0.4 is 16.8 Å². The lowest BCUT2D eigenvalue weighted by Gasteiger charge is -2.44. The van der Waals surface area contributed by atoms with Crippen molar-refractivity contribution in [2.24, 2.45) is 59.0 Å². The summed E-state index contributed by atoms with van der Waals surface area (Å²) in [7, 11) is 4.91. The van der Waals surface area contributed by atoms with E-state index in [4.69, 9.17) is 24.9 Å². The quantitative estimate of drug-likeness (QED) is 0.0888. The van der Waals surface area contributed by atoms with E-state index in [2.05, 4.69) is 18.0 Å². The van der Waals surface area contributed by atoms with E-state index in [1.807, 2.05) is 36.4 Å². The van der Waals surface area contributed by atoms with Crippen LogP contribution in [-0.4, -0.2) is 142 Å². The molecule has 3 aliphatic rings. The average molecular weight is 1030 g/mol. The highest BCUT2D eigenvalue weighted by atomic mass is 127. The van der Waals surface area contributed by atoms with Gasteiger partial charge in [0.1, 0.15) is 12.1 Å². The number of aliphatic hydroxyl groups excluding tert-OH is 6. The lowest BCUT2D eigenvalue weighted by Crippen LogP contribution is -2.73. The molecule has 3 aliphatic carbocycles. The van der Waals surface area contributed by atoms with E-state index in [0.717, 1.165) is 38.5 Å². The molecule has 0 aromatic rings. The number of hydrogen-bond acceptors (Lipinski definition) is 13. The summed E-state index contributed by atoms with van der Waals surface area (Å²) < 4.78 is 28.5. The van der Waals surface area contributed by atoms with Gasteiger partial charge in [0.25, 0.3) is 0 Å². The van der Waals surface area contributed by atoms with Crippen molar-refractivity contribution < 1.29 is 62.2 Å². The molecule has 55 heavy (non-hydrogen) atoms. The fourth-order valence-electron chi connectivity index (χ4n) is 8.69. The number of hydrogen-bond donors (Lipinski definition) is 10. The molecule has 16 unspecified atom stereocenters. The molecule has 0 aromatic heterocycles. The number of carbonyl (C=O) groups excluding carboxylic acids is 1. The van der Waals surface area contributed by atoms with Crippen LogP contribution in [0.4, 0.5) is 0 Å². The third-order valence-electron chi connectivity index (χ3n) is 11.5. The minimum absolute atomic E-state index is 0. The summed E-state index contributed by atoms with van der Waals surface area (Å²) in [6.45, 7) is 9.55. The maximum absolute atomic E-state index is 11.2. The number of alkyl halides is 2. The van der Waals surface area contributed by atoms with Crippen LogP contribution in [0.25, 0.3) is 0 Å². The Kier molecular flexibility index (Phi) is 38.0. The average Bonchev–Trinajstić information content (AvgIpc) is 3.14. The number of methoxy groups -OCH3 is 3. The molecule has 17 heteroatoms. The van der Waals surface area contributed by atoms with Gasteiger partial charge in [0.05, 0.1) is 41.9 Å². The number of nitrogens with one attached hydrogen (secondary N) is 2. The normalized spacial score (nSPS) is 36.1. The van der Waals surface area contributed by atoms with Gasteiger partial charge in [0.15, 0.2) is 0 Å². The topological polar surface area (TPSA) is 286 Å². The molecule has 1 amide bonds. The Morgan fingerprint density at radius 3 is 1.49 bits per heavy atom. The second-order valence-corrected chi connectivity index (χ2v) is 18.8. The van der Waals surface area contributed by atoms with Crippen molar-refractivity contribution in [3.8, 4) is 0 Å². The number of aliphatic hydroxyl groups is 6. The Morgan fingerprint density at radius 1 is 0.782 bits per heavy atom. The highest BCUT2D eigenvalue weighted by Gasteiger charge is 2.45. The first-order chi connectivity index (χ1) is 25.1. The van der Waals surface area contributed by atoms with Crippen molar-refractivity contribution in [1.82, 2.24) is 5.32 Å². The monoisotopic (exact) mass is 1030 g/mol. The largest absolute Gasteiger partial charge is 0.870 e. The molecule has 0 saturated heterocycles. The van der Waals surface area contributed by atoms with E-state index in [1.54, 1.807) is 21.3 Å². The summed E-state index contributed by atoms with van der Waals surface area (Å²) in [4.78, 5) is 11.2. The summed E-state index contributed by atoms with van der Waals surface area (Å²) in [5.41, 5.74) is 10.0. The lowest BCUT2D eigenvalue weighted by atomic mass is 9.69. The molecule has 0 spiro atoms. The molecule has 3 saturated carbocycles. The first-order valence-corrected chi connectivity index (χ1v) is 22.2. The van der Waals surface area contributed by atoms with Gasteiger partial charge >= 0.3 is 0 Å². The minimum Gasteiger partial charge on any atom is -0.870 e.